The lowest BCUT2D eigenvalue weighted by molar-refractivity contribution is 0.0978. The average Bonchev–Trinajstić information content (AvgIpc) is 3.39. The molecule has 2 heterocycles. The van der Waals surface area contributed by atoms with E-state index < -0.39 is 0 Å². The van der Waals surface area contributed by atoms with E-state index in [9.17, 15) is 9.59 Å². The summed E-state index contributed by atoms with van der Waals surface area (Å²) < 4.78 is 13.8. The fourth-order valence-electron chi connectivity index (χ4n) is 5.00. The summed E-state index contributed by atoms with van der Waals surface area (Å²) in [4.78, 5) is 39.0. The molecule has 9 nitrogen and oxygen atoms in total. The van der Waals surface area contributed by atoms with Gasteiger partial charge in [0.25, 0.3) is 0 Å². The highest BCUT2D eigenvalue weighted by molar-refractivity contribution is 6.28. The summed E-state index contributed by atoms with van der Waals surface area (Å²) >= 11 is 0. The summed E-state index contributed by atoms with van der Waals surface area (Å²) in [6, 6.07) is 10.3. The first-order valence-electron chi connectivity index (χ1n) is 14.1. The smallest absolute Gasteiger partial charge is 0.194 e. The lowest BCUT2D eigenvalue weighted by Gasteiger charge is -2.19. The third-order valence-corrected chi connectivity index (χ3v) is 7.22. The van der Waals surface area contributed by atoms with Gasteiger partial charge in [-0.1, -0.05) is 39.0 Å². The average molecular weight is 542 g/mol. The second-order valence-corrected chi connectivity index (χ2v) is 10.1. The zero-order valence-corrected chi connectivity index (χ0v) is 22.9. The SMILES string of the molecule is CCCCCCOc1ccc2c(c1)C(=O)c1ccc(OCCCCCCn3cnc4c(N)ncnc43)cc1C2=O. The summed E-state index contributed by atoms with van der Waals surface area (Å²) in [5.74, 6) is 1.29. The molecular weight excluding hydrogens is 506 g/mol. The number of imidazole rings is 1. The van der Waals surface area contributed by atoms with Crippen molar-refractivity contribution in [3.8, 4) is 11.5 Å². The molecule has 5 rings (SSSR count). The van der Waals surface area contributed by atoms with Crippen LogP contribution in [0.1, 0.15) is 90.1 Å². The van der Waals surface area contributed by atoms with Gasteiger partial charge in [-0.15, -0.1) is 0 Å². The molecule has 9 heteroatoms. The summed E-state index contributed by atoms with van der Waals surface area (Å²) in [7, 11) is 0. The van der Waals surface area contributed by atoms with E-state index in [4.69, 9.17) is 15.2 Å². The fourth-order valence-corrected chi connectivity index (χ4v) is 5.00. The van der Waals surface area contributed by atoms with E-state index in [1.165, 1.54) is 19.2 Å². The van der Waals surface area contributed by atoms with E-state index >= 15 is 0 Å². The van der Waals surface area contributed by atoms with Crippen LogP contribution >= 0.6 is 0 Å². The van der Waals surface area contributed by atoms with E-state index in [2.05, 4.69) is 21.9 Å². The maximum Gasteiger partial charge on any atom is 0.194 e. The Bertz CT molecular complexity index is 1510. The van der Waals surface area contributed by atoms with Crippen LogP contribution in [0.2, 0.25) is 0 Å². The number of fused-ring (bicyclic) bond motifs is 3. The molecule has 1 aliphatic carbocycles. The molecule has 208 valence electrons. The van der Waals surface area contributed by atoms with Crippen molar-refractivity contribution in [2.45, 2.75) is 64.8 Å². The molecule has 0 amide bonds. The molecule has 0 radical (unpaired) electrons. The van der Waals surface area contributed by atoms with Gasteiger partial charge in [0.15, 0.2) is 23.0 Å². The van der Waals surface area contributed by atoms with E-state index in [1.54, 1.807) is 42.7 Å². The van der Waals surface area contributed by atoms with Gasteiger partial charge in [0.05, 0.1) is 19.5 Å². The Morgan fingerprint density at radius 2 is 1.32 bits per heavy atom. The van der Waals surface area contributed by atoms with Gasteiger partial charge < -0.3 is 19.8 Å². The number of hydrogen-bond acceptors (Lipinski definition) is 8. The molecular formula is C31H35N5O4. The number of nitrogen functional groups attached to an aromatic ring is 1. The molecule has 4 aromatic rings. The predicted molar refractivity (Wildman–Crippen MR) is 153 cm³/mol. The van der Waals surface area contributed by atoms with Gasteiger partial charge in [-0.25, -0.2) is 15.0 Å². The van der Waals surface area contributed by atoms with E-state index in [0.29, 0.717) is 58.3 Å². The number of hydrogen-bond donors (Lipinski definition) is 1. The van der Waals surface area contributed by atoms with Gasteiger partial charge in [0, 0.05) is 28.8 Å². The maximum absolute atomic E-state index is 13.2. The van der Waals surface area contributed by atoms with Crippen LogP contribution in [0.25, 0.3) is 11.2 Å². The number of aromatic nitrogens is 4. The van der Waals surface area contributed by atoms with Gasteiger partial charge >= 0.3 is 0 Å². The van der Waals surface area contributed by atoms with Gasteiger partial charge in [0.2, 0.25) is 0 Å². The van der Waals surface area contributed by atoms with Crippen molar-refractivity contribution in [3.05, 3.63) is 71.3 Å². The van der Waals surface area contributed by atoms with Gasteiger partial charge in [-0.05, 0) is 55.7 Å². The highest BCUT2D eigenvalue weighted by atomic mass is 16.5. The first kappa shape index (κ1) is 27.3. The Labute approximate surface area is 233 Å². The molecule has 0 bridgehead atoms. The van der Waals surface area contributed by atoms with E-state index in [0.717, 1.165) is 50.7 Å². The van der Waals surface area contributed by atoms with E-state index in [1.807, 2.05) is 4.57 Å². The lowest BCUT2D eigenvalue weighted by atomic mass is 9.84. The molecule has 0 saturated carbocycles. The van der Waals surface area contributed by atoms with E-state index in [-0.39, 0.29) is 11.6 Å². The molecule has 0 unspecified atom stereocenters. The van der Waals surface area contributed by atoms with Crippen LogP contribution in [0.3, 0.4) is 0 Å². The number of anilines is 1. The minimum atomic E-state index is -0.163. The Morgan fingerprint density at radius 1 is 0.725 bits per heavy atom. The van der Waals surface area contributed by atoms with Crippen molar-refractivity contribution < 1.29 is 19.1 Å². The van der Waals surface area contributed by atoms with Crippen molar-refractivity contribution in [1.82, 2.24) is 19.5 Å². The normalized spacial score (nSPS) is 12.4. The molecule has 2 N–H and O–H groups in total. The lowest BCUT2D eigenvalue weighted by Crippen LogP contribution is -2.21. The summed E-state index contributed by atoms with van der Waals surface area (Å²) in [6.45, 7) is 4.12. The van der Waals surface area contributed by atoms with Gasteiger partial charge in [0.1, 0.15) is 23.3 Å². The number of nitrogens with two attached hydrogens (primary N) is 1. The number of nitrogens with zero attached hydrogens (tertiary/aromatic N) is 4. The van der Waals surface area contributed by atoms with Crippen LogP contribution in [0, 0.1) is 0 Å². The Hall–Kier alpha value is -4.27. The van der Waals surface area contributed by atoms with Crippen molar-refractivity contribution in [2.24, 2.45) is 0 Å². The third kappa shape index (κ3) is 5.98. The standard InChI is InChI=1S/C31H35N5O4/c1-2-3-4-8-15-39-21-10-12-23-25(17-21)28(37)24-13-11-22(18-26(24)29(23)38)40-16-9-6-5-7-14-36-20-35-27-30(32)33-19-34-31(27)36/h10-13,17-20H,2-9,14-16H2,1H3,(H2,32,33,34). The minimum absolute atomic E-state index is 0.160. The van der Waals surface area contributed by atoms with Crippen molar-refractivity contribution in [2.75, 3.05) is 18.9 Å². The Kier molecular flexibility index (Phi) is 8.68. The Balaban J connectivity index is 1.10. The van der Waals surface area contributed by atoms with Crippen molar-refractivity contribution in [1.29, 1.82) is 0 Å². The molecule has 0 atom stereocenters. The highest BCUT2D eigenvalue weighted by Crippen LogP contribution is 2.32. The zero-order chi connectivity index (χ0) is 27.9. The molecule has 0 spiro atoms. The van der Waals surface area contributed by atoms with Crippen LogP contribution in [-0.4, -0.2) is 44.3 Å². The topological polar surface area (TPSA) is 122 Å². The van der Waals surface area contributed by atoms with Crippen LogP contribution in [0.5, 0.6) is 11.5 Å². The molecule has 2 aromatic heterocycles. The van der Waals surface area contributed by atoms with Gasteiger partial charge in [-0.3, -0.25) is 9.59 Å². The minimum Gasteiger partial charge on any atom is -0.494 e. The third-order valence-electron chi connectivity index (χ3n) is 7.22. The number of carbonyl (C=O) groups is 2. The molecule has 0 fully saturated rings. The molecule has 0 saturated heterocycles. The molecule has 0 aliphatic heterocycles. The predicted octanol–water partition coefficient (Wildman–Crippen LogP) is 5.78. The zero-order valence-electron chi connectivity index (χ0n) is 22.9. The van der Waals surface area contributed by atoms with Crippen molar-refractivity contribution >= 4 is 28.5 Å². The number of carbonyl (C=O) groups excluding carboxylic acids is 2. The van der Waals surface area contributed by atoms with Crippen LogP contribution in [0.15, 0.2) is 49.1 Å². The number of benzene rings is 2. The summed E-state index contributed by atoms with van der Waals surface area (Å²) in [6.07, 6.45) is 11.5. The molecule has 40 heavy (non-hydrogen) atoms. The maximum atomic E-state index is 13.2. The number of ether oxygens (including phenoxy) is 2. The summed E-state index contributed by atoms with van der Waals surface area (Å²) in [5.41, 5.74) is 8.85. The first-order valence-corrected chi connectivity index (χ1v) is 14.1. The monoisotopic (exact) mass is 541 g/mol. The first-order chi connectivity index (χ1) is 19.6. The number of aryl methyl sites for hydroxylation is 1. The second kappa shape index (κ2) is 12.7. The van der Waals surface area contributed by atoms with Crippen LogP contribution in [0.4, 0.5) is 5.82 Å². The van der Waals surface area contributed by atoms with Gasteiger partial charge in [-0.2, -0.15) is 0 Å². The number of ketones is 2. The summed E-state index contributed by atoms with van der Waals surface area (Å²) in [5, 5.41) is 0. The molecule has 1 aliphatic rings. The number of rotatable bonds is 14. The second-order valence-electron chi connectivity index (χ2n) is 10.1. The van der Waals surface area contributed by atoms with Crippen LogP contribution in [-0.2, 0) is 6.54 Å². The molecule has 2 aromatic carbocycles. The highest BCUT2D eigenvalue weighted by Gasteiger charge is 2.30. The van der Waals surface area contributed by atoms with Crippen molar-refractivity contribution in [3.63, 3.8) is 0 Å². The number of unbranched alkanes of at least 4 members (excludes halogenated alkanes) is 6. The van der Waals surface area contributed by atoms with Crippen LogP contribution < -0.4 is 15.2 Å². The Morgan fingerprint density at radius 3 is 1.95 bits per heavy atom. The quantitative estimate of drug-likeness (QED) is 0.176. The largest absolute Gasteiger partial charge is 0.494 e. The fraction of sp³-hybridized carbons (Fsp3) is 0.387.